The topological polar surface area (TPSA) is 105 Å². The minimum Gasteiger partial charge on any atom is -0.480 e. The minimum absolute atomic E-state index is 0.108. The van der Waals surface area contributed by atoms with Crippen LogP contribution in [0.3, 0.4) is 0 Å². The van der Waals surface area contributed by atoms with Crippen LogP contribution in [0.5, 0.6) is 0 Å². The van der Waals surface area contributed by atoms with E-state index >= 15 is 0 Å². The van der Waals surface area contributed by atoms with Crippen LogP contribution in [0.15, 0.2) is 30.3 Å². The highest BCUT2D eigenvalue weighted by molar-refractivity contribution is 7.81. The molecule has 1 aromatic carbocycles. The summed E-state index contributed by atoms with van der Waals surface area (Å²) in [6.45, 7) is 1.23. The van der Waals surface area contributed by atoms with Crippen LogP contribution in [-0.2, 0) is 25.5 Å². The van der Waals surface area contributed by atoms with Crippen LogP contribution in [-0.4, -0.2) is 52.9 Å². The standard InChI is InChI=1S/C23H32N2O5S/c26-20(19(31)17-10-14-30-15-11-17)25-23(12-4-5-13-23)22(29)24-18(21(27)28)9-8-16-6-2-1-3-7-16/h1-3,6-7,17-19,31H,4-5,8-15H2,(H,24,29)(H,25,26)(H,27,28)/t18-,19+/m1/s1. The van der Waals surface area contributed by atoms with E-state index in [1.807, 2.05) is 30.3 Å². The quantitative estimate of drug-likeness (QED) is 0.434. The highest BCUT2D eigenvalue weighted by atomic mass is 32.1. The molecule has 1 aliphatic heterocycles. The molecule has 170 valence electrons. The number of carboxylic acid groups (broad SMARTS) is 1. The maximum Gasteiger partial charge on any atom is 0.326 e. The summed E-state index contributed by atoms with van der Waals surface area (Å²) in [7, 11) is 0. The molecule has 0 spiro atoms. The molecule has 2 fully saturated rings. The van der Waals surface area contributed by atoms with Gasteiger partial charge in [0.15, 0.2) is 0 Å². The molecule has 7 nitrogen and oxygen atoms in total. The van der Waals surface area contributed by atoms with Gasteiger partial charge in [-0.05, 0) is 50.0 Å². The monoisotopic (exact) mass is 448 g/mol. The van der Waals surface area contributed by atoms with Crippen molar-refractivity contribution < 1.29 is 24.2 Å². The van der Waals surface area contributed by atoms with E-state index in [0.29, 0.717) is 32.5 Å². The Balaban J connectivity index is 1.63. The van der Waals surface area contributed by atoms with E-state index in [2.05, 4.69) is 23.3 Å². The maximum absolute atomic E-state index is 13.2. The molecule has 1 aromatic rings. The fourth-order valence-corrected chi connectivity index (χ4v) is 4.81. The molecule has 0 bridgehead atoms. The van der Waals surface area contributed by atoms with Crippen LogP contribution >= 0.6 is 12.6 Å². The van der Waals surface area contributed by atoms with Crippen molar-refractivity contribution in [2.45, 2.75) is 68.2 Å². The average molecular weight is 449 g/mol. The summed E-state index contributed by atoms with van der Waals surface area (Å²) >= 11 is 4.53. The third-order valence-electron chi connectivity index (χ3n) is 6.40. The predicted molar refractivity (Wildman–Crippen MR) is 120 cm³/mol. The SMILES string of the molecule is O=C(NC1(C(=O)N[C@H](CCc2ccccc2)C(=O)O)CCCC1)[C@@H](S)C1CCOCC1. The van der Waals surface area contributed by atoms with Gasteiger partial charge >= 0.3 is 5.97 Å². The molecule has 1 saturated heterocycles. The van der Waals surface area contributed by atoms with Crippen molar-refractivity contribution >= 4 is 30.4 Å². The molecule has 1 heterocycles. The average Bonchev–Trinajstić information content (AvgIpc) is 3.26. The molecule has 2 amide bonds. The molecule has 0 radical (unpaired) electrons. The molecule has 0 aromatic heterocycles. The van der Waals surface area contributed by atoms with Crippen molar-refractivity contribution in [3.63, 3.8) is 0 Å². The number of hydrogen-bond donors (Lipinski definition) is 4. The van der Waals surface area contributed by atoms with Gasteiger partial charge in [-0.25, -0.2) is 4.79 Å². The highest BCUT2D eigenvalue weighted by Crippen LogP contribution is 2.32. The summed E-state index contributed by atoms with van der Waals surface area (Å²) in [5.41, 5.74) is -0.0507. The first-order valence-corrected chi connectivity index (χ1v) is 11.6. The second kappa shape index (κ2) is 11.0. The Kier molecular flexibility index (Phi) is 8.37. The fraction of sp³-hybridized carbons (Fsp3) is 0.609. The van der Waals surface area contributed by atoms with Crippen molar-refractivity contribution in [2.24, 2.45) is 5.92 Å². The van der Waals surface area contributed by atoms with Gasteiger partial charge in [-0.1, -0.05) is 43.2 Å². The molecule has 31 heavy (non-hydrogen) atoms. The Morgan fingerprint density at radius 3 is 2.39 bits per heavy atom. The molecule has 0 unspecified atom stereocenters. The van der Waals surface area contributed by atoms with Crippen molar-refractivity contribution in [3.8, 4) is 0 Å². The molecule has 8 heteroatoms. The number of aryl methyl sites for hydroxylation is 1. The molecule has 3 N–H and O–H groups in total. The molecular formula is C23H32N2O5S. The Labute approximate surface area is 188 Å². The van der Waals surface area contributed by atoms with Crippen LogP contribution in [0.4, 0.5) is 0 Å². The third-order valence-corrected chi connectivity index (χ3v) is 7.06. The summed E-state index contributed by atoms with van der Waals surface area (Å²) in [5.74, 6) is -1.64. The number of carbonyl (C=O) groups excluding carboxylic acids is 2. The Hall–Kier alpha value is -2.06. The number of carbonyl (C=O) groups is 3. The van der Waals surface area contributed by atoms with Crippen molar-refractivity contribution in [1.82, 2.24) is 10.6 Å². The number of aliphatic carboxylic acids is 1. The minimum atomic E-state index is -1.07. The first kappa shape index (κ1) is 23.6. The van der Waals surface area contributed by atoms with Crippen LogP contribution < -0.4 is 10.6 Å². The molecule has 3 rings (SSSR count). The van der Waals surface area contributed by atoms with E-state index in [-0.39, 0.29) is 18.2 Å². The summed E-state index contributed by atoms with van der Waals surface area (Å²) in [6.07, 6.45) is 4.98. The van der Waals surface area contributed by atoms with Gasteiger partial charge in [0.05, 0.1) is 5.25 Å². The zero-order valence-corrected chi connectivity index (χ0v) is 18.6. The lowest BCUT2D eigenvalue weighted by Gasteiger charge is -2.33. The summed E-state index contributed by atoms with van der Waals surface area (Å²) in [5, 5.41) is 14.8. The van der Waals surface area contributed by atoms with Gasteiger partial charge in [0.2, 0.25) is 11.8 Å². The number of rotatable bonds is 9. The summed E-state index contributed by atoms with van der Waals surface area (Å²) in [4.78, 5) is 37.9. The molecule has 2 atom stereocenters. The molecule has 2 aliphatic rings. The predicted octanol–water partition coefficient (Wildman–Crippen LogP) is 2.34. The van der Waals surface area contributed by atoms with E-state index in [4.69, 9.17) is 4.74 Å². The van der Waals surface area contributed by atoms with E-state index in [9.17, 15) is 19.5 Å². The number of carboxylic acids is 1. The number of benzene rings is 1. The smallest absolute Gasteiger partial charge is 0.326 e. The van der Waals surface area contributed by atoms with Gasteiger partial charge < -0.3 is 20.5 Å². The number of ether oxygens (including phenoxy) is 1. The highest BCUT2D eigenvalue weighted by Gasteiger charge is 2.45. The second-order valence-electron chi connectivity index (χ2n) is 8.56. The number of amides is 2. The zero-order valence-electron chi connectivity index (χ0n) is 17.7. The van der Waals surface area contributed by atoms with Gasteiger partial charge in [-0.15, -0.1) is 0 Å². The normalized spacial score (nSPS) is 20.5. The number of nitrogens with one attached hydrogen (secondary N) is 2. The Bertz CT molecular complexity index is 760. The van der Waals surface area contributed by atoms with Gasteiger partial charge in [-0.3, -0.25) is 9.59 Å². The van der Waals surface area contributed by atoms with Crippen LogP contribution in [0.25, 0.3) is 0 Å². The Morgan fingerprint density at radius 1 is 1.13 bits per heavy atom. The van der Waals surface area contributed by atoms with Gasteiger partial charge in [-0.2, -0.15) is 12.6 Å². The second-order valence-corrected chi connectivity index (χ2v) is 9.12. The van der Waals surface area contributed by atoms with Crippen LogP contribution in [0.1, 0.15) is 50.5 Å². The van der Waals surface area contributed by atoms with Crippen molar-refractivity contribution in [2.75, 3.05) is 13.2 Å². The van der Waals surface area contributed by atoms with E-state index in [0.717, 1.165) is 31.2 Å². The summed E-state index contributed by atoms with van der Waals surface area (Å²) in [6, 6.07) is 8.56. The maximum atomic E-state index is 13.2. The largest absolute Gasteiger partial charge is 0.480 e. The van der Waals surface area contributed by atoms with E-state index in [1.165, 1.54) is 0 Å². The number of hydrogen-bond acceptors (Lipinski definition) is 5. The molecular weight excluding hydrogens is 416 g/mol. The number of thiol groups is 1. The molecule has 1 saturated carbocycles. The summed E-state index contributed by atoms with van der Waals surface area (Å²) < 4.78 is 5.36. The van der Waals surface area contributed by atoms with E-state index < -0.39 is 28.7 Å². The van der Waals surface area contributed by atoms with Gasteiger partial charge in [0.1, 0.15) is 11.6 Å². The third kappa shape index (κ3) is 6.23. The van der Waals surface area contributed by atoms with Crippen LogP contribution in [0.2, 0.25) is 0 Å². The lowest BCUT2D eigenvalue weighted by atomic mass is 9.92. The Morgan fingerprint density at radius 2 is 1.77 bits per heavy atom. The van der Waals surface area contributed by atoms with Crippen LogP contribution in [0, 0.1) is 5.92 Å². The first-order valence-electron chi connectivity index (χ1n) is 11.1. The first-order chi connectivity index (χ1) is 14.9. The lowest BCUT2D eigenvalue weighted by molar-refractivity contribution is -0.143. The molecule has 1 aliphatic carbocycles. The van der Waals surface area contributed by atoms with Gasteiger partial charge in [0, 0.05) is 13.2 Å². The lowest BCUT2D eigenvalue weighted by Crippen LogP contribution is -2.61. The van der Waals surface area contributed by atoms with E-state index in [1.54, 1.807) is 0 Å². The van der Waals surface area contributed by atoms with Gasteiger partial charge in [0.25, 0.3) is 0 Å². The van der Waals surface area contributed by atoms with Crippen molar-refractivity contribution in [3.05, 3.63) is 35.9 Å². The zero-order chi connectivity index (χ0) is 22.3. The fourth-order valence-electron chi connectivity index (χ4n) is 4.45. The van der Waals surface area contributed by atoms with Crippen molar-refractivity contribution in [1.29, 1.82) is 0 Å².